The number of pyridine rings is 1. The lowest BCUT2D eigenvalue weighted by molar-refractivity contribution is 0.321. The number of nitrogens with zero attached hydrogens (tertiary/aromatic N) is 2. The molecule has 7 nitrogen and oxygen atoms in total. The molecule has 5 aromatic rings. The molecule has 8 heteroatoms. The van der Waals surface area contributed by atoms with Crippen LogP contribution in [0.15, 0.2) is 71.6 Å². The number of anilines is 1. The van der Waals surface area contributed by atoms with Crippen LogP contribution < -0.4 is 15.8 Å². The molecule has 1 aliphatic heterocycles. The van der Waals surface area contributed by atoms with E-state index in [0.717, 1.165) is 64.8 Å². The van der Waals surface area contributed by atoms with Crippen molar-refractivity contribution in [3.05, 3.63) is 84.3 Å². The van der Waals surface area contributed by atoms with Gasteiger partial charge in [-0.2, -0.15) is 5.10 Å². The normalized spacial score (nSPS) is 14.3. The highest BCUT2D eigenvalue weighted by Gasteiger charge is 2.24. The van der Waals surface area contributed by atoms with Crippen molar-refractivity contribution in [3.8, 4) is 28.0 Å². The standard InChI is InChI=1S/C29H28FN5O2/c30-22-13-18(12-21(14-22)19-4-2-1-3-5-19)8-11-36-28-27-24(15-33-29(28)31)25(17-37-27)23-16-34-35-26(23)20-6-9-32-10-7-20/h1-5,12-17,20,32H,6-11H2,(H2,31,33)(H,34,35). The first-order chi connectivity index (χ1) is 18.2. The van der Waals surface area contributed by atoms with Crippen molar-refractivity contribution >= 4 is 16.8 Å². The van der Waals surface area contributed by atoms with Crippen molar-refractivity contribution in [3.63, 3.8) is 0 Å². The van der Waals surface area contributed by atoms with Gasteiger partial charge in [0.1, 0.15) is 12.1 Å². The minimum absolute atomic E-state index is 0.253. The molecular formula is C29H28FN5O2. The summed E-state index contributed by atoms with van der Waals surface area (Å²) < 4.78 is 26.4. The molecule has 0 radical (unpaired) electrons. The van der Waals surface area contributed by atoms with E-state index in [1.807, 2.05) is 42.6 Å². The largest absolute Gasteiger partial charge is 0.486 e. The summed E-state index contributed by atoms with van der Waals surface area (Å²) in [6, 6.07) is 14.8. The Bertz CT molecular complexity index is 1520. The molecule has 4 heterocycles. The van der Waals surface area contributed by atoms with E-state index in [-0.39, 0.29) is 11.6 Å². The topological polar surface area (TPSA) is 102 Å². The summed E-state index contributed by atoms with van der Waals surface area (Å²) in [5.74, 6) is 0.784. The fourth-order valence-electron chi connectivity index (χ4n) is 5.12. The van der Waals surface area contributed by atoms with Crippen LogP contribution in [0.3, 0.4) is 0 Å². The van der Waals surface area contributed by atoms with E-state index < -0.39 is 0 Å². The first-order valence-electron chi connectivity index (χ1n) is 12.5. The Hall–Kier alpha value is -4.17. The molecule has 0 unspecified atom stereocenters. The lowest BCUT2D eigenvalue weighted by atomic mass is 9.90. The van der Waals surface area contributed by atoms with E-state index in [1.165, 1.54) is 6.07 Å². The molecule has 0 atom stereocenters. The Balaban J connectivity index is 1.24. The number of H-pyrrole nitrogens is 1. The van der Waals surface area contributed by atoms with Crippen LogP contribution in [0.25, 0.3) is 33.2 Å². The third-order valence-electron chi connectivity index (χ3n) is 7.01. The van der Waals surface area contributed by atoms with Crippen LogP contribution in [0, 0.1) is 5.82 Å². The molecular weight excluding hydrogens is 469 g/mol. The van der Waals surface area contributed by atoms with E-state index in [0.29, 0.717) is 30.3 Å². The molecule has 37 heavy (non-hydrogen) atoms. The number of nitrogens with two attached hydrogens (primary N) is 1. The van der Waals surface area contributed by atoms with Gasteiger partial charge in [0, 0.05) is 35.4 Å². The fourth-order valence-corrected chi connectivity index (χ4v) is 5.12. The second kappa shape index (κ2) is 10.1. The van der Waals surface area contributed by atoms with Crippen LogP contribution >= 0.6 is 0 Å². The third kappa shape index (κ3) is 4.68. The molecule has 0 amide bonds. The number of benzene rings is 2. The summed E-state index contributed by atoms with van der Waals surface area (Å²) >= 11 is 0. The molecule has 1 aliphatic rings. The summed E-state index contributed by atoms with van der Waals surface area (Å²) in [5.41, 5.74) is 12.4. The van der Waals surface area contributed by atoms with Gasteiger partial charge in [-0.15, -0.1) is 0 Å². The van der Waals surface area contributed by atoms with Gasteiger partial charge in [0.2, 0.25) is 5.75 Å². The summed E-state index contributed by atoms with van der Waals surface area (Å²) in [7, 11) is 0. The van der Waals surface area contributed by atoms with Gasteiger partial charge in [0.25, 0.3) is 0 Å². The van der Waals surface area contributed by atoms with Gasteiger partial charge >= 0.3 is 0 Å². The predicted octanol–water partition coefficient (Wildman–Crippen LogP) is 5.69. The van der Waals surface area contributed by atoms with Crippen molar-refractivity contribution < 1.29 is 13.5 Å². The number of aromatic amines is 1. The Morgan fingerprint density at radius 2 is 1.86 bits per heavy atom. The molecule has 4 N–H and O–H groups in total. The molecule has 0 spiro atoms. The van der Waals surface area contributed by atoms with Gasteiger partial charge in [0.05, 0.1) is 18.2 Å². The number of nitrogen functional groups attached to an aromatic ring is 1. The van der Waals surface area contributed by atoms with Gasteiger partial charge in [-0.25, -0.2) is 9.37 Å². The average Bonchev–Trinajstić information content (AvgIpc) is 3.58. The quantitative estimate of drug-likeness (QED) is 0.267. The third-order valence-corrected chi connectivity index (χ3v) is 7.01. The van der Waals surface area contributed by atoms with Crippen molar-refractivity contribution in [2.24, 2.45) is 0 Å². The maximum atomic E-state index is 14.3. The lowest BCUT2D eigenvalue weighted by Crippen LogP contribution is -2.27. The maximum absolute atomic E-state index is 14.3. The number of rotatable bonds is 7. The zero-order valence-corrected chi connectivity index (χ0v) is 20.3. The minimum atomic E-state index is -0.278. The number of piperidine rings is 1. The highest BCUT2D eigenvalue weighted by Crippen LogP contribution is 2.40. The molecule has 6 rings (SSSR count). The zero-order chi connectivity index (χ0) is 25.2. The maximum Gasteiger partial charge on any atom is 0.205 e. The predicted molar refractivity (Wildman–Crippen MR) is 142 cm³/mol. The summed E-state index contributed by atoms with van der Waals surface area (Å²) in [5, 5.41) is 11.7. The van der Waals surface area contributed by atoms with E-state index in [4.69, 9.17) is 14.9 Å². The van der Waals surface area contributed by atoms with E-state index in [1.54, 1.807) is 18.5 Å². The number of hydrogen-bond acceptors (Lipinski definition) is 6. The SMILES string of the molecule is Nc1ncc2c(-c3cn[nH]c3C3CCNCC3)coc2c1OCCc1cc(F)cc(-c2ccccc2)c1. The fraction of sp³-hybridized carbons (Fsp3) is 0.241. The Morgan fingerprint density at radius 1 is 1.03 bits per heavy atom. The first-order valence-corrected chi connectivity index (χ1v) is 12.5. The lowest BCUT2D eigenvalue weighted by Gasteiger charge is -2.22. The molecule has 1 saturated heterocycles. The molecule has 0 bridgehead atoms. The van der Waals surface area contributed by atoms with Gasteiger partial charge in [-0.1, -0.05) is 36.4 Å². The van der Waals surface area contributed by atoms with E-state index in [9.17, 15) is 4.39 Å². The Labute approximate surface area is 213 Å². The Morgan fingerprint density at radius 3 is 2.70 bits per heavy atom. The monoisotopic (exact) mass is 497 g/mol. The van der Waals surface area contributed by atoms with Gasteiger partial charge in [0.15, 0.2) is 11.4 Å². The number of ether oxygens (including phenoxy) is 1. The van der Waals surface area contributed by atoms with Crippen LogP contribution in [0.1, 0.15) is 30.0 Å². The molecule has 188 valence electrons. The van der Waals surface area contributed by atoms with Gasteiger partial charge < -0.3 is 20.2 Å². The number of furan rings is 1. The van der Waals surface area contributed by atoms with Crippen molar-refractivity contribution in [2.45, 2.75) is 25.2 Å². The second-order valence-electron chi connectivity index (χ2n) is 9.40. The van der Waals surface area contributed by atoms with Crippen LogP contribution in [0.4, 0.5) is 10.2 Å². The van der Waals surface area contributed by atoms with Gasteiger partial charge in [-0.05, 0) is 54.8 Å². The average molecular weight is 498 g/mol. The smallest absolute Gasteiger partial charge is 0.205 e. The van der Waals surface area contributed by atoms with Crippen molar-refractivity contribution in [1.82, 2.24) is 20.5 Å². The van der Waals surface area contributed by atoms with Gasteiger partial charge in [-0.3, -0.25) is 5.10 Å². The molecule has 0 saturated carbocycles. The molecule has 2 aromatic carbocycles. The van der Waals surface area contributed by atoms with Crippen molar-refractivity contribution in [2.75, 3.05) is 25.4 Å². The van der Waals surface area contributed by atoms with Crippen molar-refractivity contribution in [1.29, 1.82) is 0 Å². The van der Waals surface area contributed by atoms with E-state index in [2.05, 4.69) is 20.5 Å². The zero-order valence-electron chi connectivity index (χ0n) is 20.3. The summed E-state index contributed by atoms with van der Waals surface area (Å²) in [6.07, 6.45) is 7.88. The number of hydrogen-bond donors (Lipinski definition) is 3. The summed E-state index contributed by atoms with van der Waals surface area (Å²) in [4.78, 5) is 4.38. The van der Waals surface area contributed by atoms with Crippen LogP contribution in [-0.4, -0.2) is 34.9 Å². The van der Waals surface area contributed by atoms with E-state index >= 15 is 0 Å². The second-order valence-corrected chi connectivity index (χ2v) is 9.40. The van der Waals surface area contributed by atoms with Crippen LogP contribution in [0.2, 0.25) is 0 Å². The number of aromatic nitrogens is 3. The first kappa shape index (κ1) is 23.2. The number of nitrogens with one attached hydrogen (secondary N) is 2. The highest BCUT2D eigenvalue weighted by molar-refractivity contribution is 5.98. The highest BCUT2D eigenvalue weighted by atomic mass is 19.1. The Kier molecular flexibility index (Phi) is 6.32. The minimum Gasteiger partial charge on any atom is -0.486 e. The van der Waals surface area contributed by atoms with Crippen LogP contribution in [0.5, 0.6) is 5.75 Å². The molecule has 1 fully saturated rings. The van der Waals surface area contributed by atoms with Crippen LogP contribution in [-0.2, 0) is 6.42 Å². The molecule has 3 aromatic heterocycles. The summed E-state index contributed by atoms with van der Waals surface area (Å²) in [6.45, 7) is 2.28. The number of fused-ring (bicyclic) bond motifs is 1. The molecule has 0 aliphatic carbocycles. The number of halogens is 1.